The van der Waals surface area contributed by atoms with Crippen LogP contribution in [-0.2, 0) is 12.8 Å². The second-order valence-corrected chi connectivity index (χ2v) is 5.36. The predicted molar refractivity (Wildman–Crippen MR) is 64.9 cm³/mol. The minimum Gasteiger partial charge on any atom is -0.488 e. The Kier molecular flexibility index (Phi) is 2.94. The Morgan fingerprint density at radius 3 is 2.88 bits per heavy atom. The lowest BCUT2D eigenvalue weighted by Crippen LogP contribution is -2.32. The van der Waals surface area contributed by atoms with E-state index in [4.69, 9.17) is 4.74 Å². The van der Waals surface area contributed by atoms with Gasteiger partial charge in [0.15, 0.2) is 0 Å². The van der Waals surface area contributed by atoms with Gasteiger partial charge in [0.25, 0.3) is 0 Å². The molecule has 1 aromatic carbocycles. The molecule has 0 saturated heterocycles. The van der Waals surface area contributed by atoms with Crippen molar-refractivity contribution in [3.05, 3.63) is 29.3 Å². The van der Waals surface area contributed by atoms with Gasteiger partial charge in [0, 0.05) is 0 Å². The molecule has 1 aliphatic rings. The van der Waals surface area contributed by atoms with Gasteiger partial charge in [0.1, 0.15) is 11.4 Å². The number of aliphatic hydroxyl groups excluding tert-OH is 1. The van der Waals surface area contributed by atoms with Crippen LogP contribution in [0, 0.1) is 0 Å². The summed E-state index contributed by atoms with van der Waals surface area (Å²) >= 11 is 0. The van der Waals surface area contributed by atoms with Crippen LogP contribution < -0.4 is 4.74 Å². The Morgan fingerprint density at radius 2 is 2.19 bits per heavy atom. The van der Waals surface area contributed by atoms with Crippen LogP contribution in [0.5, 0.6) is 5.75 Å². The van der Waals surface area contributed by atoms with Crippen LogP contribution in [0.2, 0.25) is 0 Å². The Bertz CT molecular complexity index is 380. The largest absolute Gasteiger partial charge is 0.488 e. The molecule has 0 fully saturated rings. The van der Waals surface area contributed by atoms with Crippen LogP contribution in [-0.4, -0.2) is 16.8 Å². The molecule has 1 heterocycles. The fourth-order valence-corrected chi connectivity index (χ4v) is 2.15. The van der Waals surface area contributed by atoms with E-state index in [2.05, 4.69) is 32.0 Å². The monoisotopic (exact) mass is 220 g/mol. The van der Waals surface area contributed by atoms with E-state index in [1.807, 2.05) is 6.92 Å². The zero-order chi connectivity index (χ0) is 11.8. The molecule has 1 atom stereocenters. The summed E-state index contributed by atoms with van der Waals surface area (Å²) in [6.07, 6.45) is 2.54. The molecule has 1 N–H and O–H groups in total. The Balaban J connectivity index is 2.24. The first-order valence-electron chi connectivity index (χ1n) is 5.95. The highest BCUT2D eigenvalue weighted by Gasteiger charge is 2.26. The van der Waals surface area contributed by atoms with Gasteiger partial charge in [-0.15, -0.1) is 0 Å². The van der Waals surface area contributed by atoms with E-state index in [1.54, 1.807) is 0 Å². The summed E-state index contributed by atoms with van der Waals surface area (Å²) in [6.45, 7) is 6.05. The molecule has 2 nitrogen and oxygen atoms in total. The maximum Gasteiger partial charge on any atom is 0.123 e. The molecule has 0 aliphatic carbocycles. The number of benzene rings is 1. The second kappa shape index (κ2) is 4.10. The Hall–Kier alpha value is -1.02. The topological polar surface area (TPSA) is 29.5 Å². The second-order valence-electron chi connectivity index (χ2n) is 5.36. The van der Waals surface area contributed by atoms with Gasteiger partial charge in [0.05, 0.1) is 6.10 Å². The minimum atomic E-state index is -0.297. The quantitative estimate of drug-likeness (QED) is 0.830. The highest BCUT2D eigenvalue weighted by atomic mass is 16.5. The van der Waals surface area contributed by atoms with Gasteiger partial charge in [-0.25, -0.2) is 0 Å². The molecular weight excluding hydrogens is 200 g/mol. The average molecular weight is 220 g/mol. The molecule has 2 heteroatoms. The molecule has 0 saturated carbocycles. The lowest BCUT2D eigenvalue weighted by molar-refractivity contribution is 0.0845. The molecule has 0 radical (unpaired) electrons. The highest BCUT2D eigenvalue weighted by Crippen LogP contribution is 2.33. The smallest absolute Gasteiger partial charge is 0.123 e. The lowest BCUT2D eigenvalue weighted by Gasteiger charge is -2.32. The van der Waals surface area contributed by atoms with Crippen LogP contribution in [0.3, 0.4) is 0 Å². The molecule has 0 aromatic heterocycles. The first-order chi connectivity index (χ1) is 7.46. The van der Waals surface area contributed by atoms with E-state index in [1.165, 1.54) is 5.56 Å². The average Bonchev–Trinajstić information content (AvgIpc) is 2.14. The number of aryl methyl sites for hydroxylation is 1. The van der Waals surface area contributed by atoms with Gasteiger partial charge in [0.2, 0.25) is 0 Å². The van der Waals surface area contributed by atoms with Crippen molar-refractivity contribution in [1.29, 1.82) is 0 Å². The normalized spacial score (nSPS) is 19.8. The van der Waals surface area contributed by atoms with Crippen molar-refractivity contribution in [2.45, 2.75) is 51.7 Å². The van der Waals surface area contributed by atoms with Crippen molar-refractivity contribution in [2.24, 2.45) is 0 Å². The Labute approximate surface area is 97.3 Å². The number of hydrogen-bond acceptors (Lipinski definition) is 2. The number of rotatable bonds is 2. The predicted octanol–water partition coefficient (Wildman–Crippen LogP) is 2.71. The third kappa shape index (κ3) is 2.56. The third-order valence-electron chi connectivity index (χ3n) is 3.05. The number of aliphatic hydroxyl groups is 1. The Morgan fingerprint density at radius 1 is 1.44 bits per heavy atom. The van der Waals surface area contributed by atoms with Gasteiger partial charge < -0.3 is 9.84 Å². The maximum atomic E-state index is 9.37. The van der Waals surface area contributed by atoms with Gasteiger partial charge >= 0.3 is 0 Å². The van der Waals surface area contributed by atoms with E-state index in [0.29, 0.717) is 6.42 Å². The molecule has 2 rings (SSSR count). The fourth-order valence-electron chi connectivity index (χ4n) is 2.15. The summed E-state index contributed by atoms with van der Waals surface area (Å²) in [7, 11) is 0. The zero-order valence-electron chi connectivity index (χ0n) is 10.3. The SMILES string of the molecule is CC(O)Cc1ccc2c(c1)OC(C)(C)CC2. The van der Waals surface area contributed by atoms with Crippen molar-refractivity contribution >= 4 is 0 Å². The van der Waals surface area contributed by atoms with Crippen molar-refractivity contribution in [3.63, 3.8) is 0 Å². The van der Waals surface area contributed by atoms with Gasteiger partial charge in [-0.2, -0.15) is 0 Å². The van der Waals surface area contributed by atoms with Crippen molar-refractivity contribution in [1.82, 2.24) is 0 Å². The minimum absolute atomic E-state index is 0.0591. The van der Waals surface area contributed by atoms with Crippen LogP contribution in [0.1, 0.15) is 38.3 Å². The molecule has 1 unspecified atom stereocenters. The van der Waals surface area contributed by atoms with Crippen molar-refractivity contribution < 1.29 is 9.84 Å². The molecule has 1 aliphatic heterocycles. The summed E-state index contributed by atoms with van der Waals surface area (Å²) < 4.78 is 5.96. The molecule has 0 spiro atoms. The fraction of sp³-hybridized carbons (Fsp3) is 0.571. The number of fused-ring (bicyclic) bond motifs is 1. The van der Waals surface area contributed by atoms with Crippen molar-refractivity contribution in [2.75, 3.05) is 0 Å². The summed E-state index contributed by atoms with van der Waals surface area (Å²) in [6, 6.07) is 6.29. The zero-order valence-corrected chi connectivity index (χ0v) is 10.3. The molecule has 0 bridgehead atoms. The summed E-state index contributed by atoms with van der Waals surface area (Å²) in [5.74, 6) is 0.995. The van der Waals surface area contributed by atoms with Gasteiger partial charge in [-0.1, -0.05) is 12.1 Å². The molecular formula is C14H20O2. The van der Waals surface area contributed by atoms with E-state index >= 15 is 0 Å². The van der Waals surface area contributed by atoms with E-state index < -0.39 is 0 Å². The van der Waals surface area contributed by atoms with E-state index in [9.17, 15) is 5.11 Å². The highest BCUT2D eigenvalue weighted by molar-refractivity contribution is 5.40. The number of hydrogen-bond donors (Lipinski definition) is 1. The summed E-state index contributed by atoms with van der Waals surface area (Å²) in [4.78, 5) is 0. The number of ether oxygens (including phenoxy) is 1. The first kappa shape index (κ1) is 11.5. The van der Waals surface area contributed by atoms with Crippen LogP contribution in [0.4, 0.5) is 0 Å². The lowest BCUT2D eigenvalue weighted by atomic mass is 9.93. The van der Waals surface area contributed by atoms with E-state index in [0.717, 1.165) is 24.2 Å². The molecule has 0 amide bonds. The molecule has 16 heavy (non-hydrogen) atoms. The van der Waals surface area contributed by atoms with Crippen LogP contribution >= 0.6 is 0 Å². The summed E-state index contributed by atoms with van der Waals surface area (Å²) in [5.41, 5.74) is 2.37. The standard InChI is InChI=1S/C14H20O2/c1-10(15)8-11-4-5-12-6-7-14(2,3)16-13(12)9-11/h4-5,9-10,15H,6-8H2,1-3H3. The van der Waals surface area contributed by atoms with Crippen LogP contribution in [0.15, 0.2) is 18.2 Å². The maximum absolute atomic E-state index is 9.37. The van der Waals surface area contributed by atoms with Crippen molar-refractivity contribution in [3.8, 4) is 5.75 Å². The van der Waals surface area contributed by atoms with E-state index in [-0.39, 0.29) is 11.7 Å². The van der Waals surface area contributed by atoms with Gasteiger partial charge in [-0.3, -0.25) is 0 Å². The molecule has 1 aromatic rings. The first-order valence-corrected chi connectivity index (χ1v) is 5.95. The third-order valence-corrected chi connectivity index (χ3v) is 3.05. The molecule has 88 valence electrons. The van der Waals surface area contributed by atoms with Crippen LogP contribution in [0.25, 0.3) is 0 Å². The van der Waals surface area contributed by atoms with Gasteiger partial charge in [-0.05, 0) is 57.2 Å². The summed E-state index contributed by atoms with van der Waals surface area (Å²) in [5, 5.41) is 9.37.